The van der Waals surface area contributed by atoms with Gasteiger partial charge in [-0.25, -0.2) is 0 Å². The zero-order valence-electron chi connectivity index (χ0n) is 28.2. The molecule has 2 N–H and O–H groups in total. The zero-order chi connectivity index (χ0) is 32.8. The summed E-state index contributed by atoms with van der Waals surface area (Å²) in [6.07, 6.45) is 2.76. The second-order valence-electron chi connectivity index (χ2n) is 15.8. The molecular weight excluding hydrogens is 538 g/mol. The maximum Gasteiger partial charge on any atom is 0.306 e. The summed E-state index contributed by atoms with van der Waals surface area (Å²) in [7, 11) is 0. The predicted octanol–water partition coefficient (Wildman–Crippen LogP) is 8.06. The number of nitrogens with zero attached hydrogens (tertiary/aromatic N) is 1. The van der Waals surface area contributed by atoms with Gasteiger partial charge in [0.25, 0.3) is 0 Å². The third kappa shape index (κ3) is 7.27. The smallest absolute Gasteiger partial charge is 0.306 e. The molecule has 0 spiro atoms. The number of hydrogen-bond donors (Lipinski definition) is 2. The minimum atomic E-state index is -0.612. The van der Waals surface area contributed by atoms with Crippen LogP contribution in [0.15, 0.2) is 49.1 Å². The van der Waals surface area contributed by atoms with Crippen LogP contribution in [0.2, 0.25) is 0 Å². The summed E-state index contributed by atoms with van der Waals surface area (Å²) >= 11 is 0. The van der Waals surface area contributed by atoms with Crippen LogP contribution in [0.4, 0.5) is 0 Å². The summed E-state index contributed by atoms with van der Waals surface area (Å²) in [5.74, 6) is 0.0785. The molecule has 1 aliphatic rings. The van der Waals surface area contributed by atoms with E-state index in [1.807, 2.05) is 56.9 Å². The maximum atomic E-state index is 13.5. The van der Waals surface area contributed by atoms with Gasteiger partial charge in [-0.2, -0.15) is 0 Å². The van der Waals surface area contributed by atoms with Gasteiger partial charge in [0.15, 0.2) is 0 Å². The topological polar surface area (TPSA) is 87.1 Å². The van der Waals surface area contributed by atoms with Crippen molar-refractivity contribution in [3.63, 3.8) is 0 Å². The number of amides is 1. The fourth-order valence-corrected chi connectivity index (χ4v) is 6.97. The number of benzene rings is 2. The molecule has 0 saturated carbocycles. The van der Waals surface area contributed by atoms with E-state index in [-0.39, 0.29) is 46.7 Å². The molecule has 0 aliphatic carbocycles. The monoisotopic (exact) mass is 591 g/mol. The summed E-state index contributed by atoms with van der Waals surface area (Å²) in [4.78, 5) is 28.0. The van der Waals surface area contributed by atoms with Crippen molar-refractivity contribution in [3.05, 3.63) is 71.3 Å². The Bertz CT molecular complexity index is 1290. The Hall–Kier alpha value is -3.28. The van der Waals surface area contributed by atoms with E-state index in [9.17, 15) is 19.8 Å². The van der Waals surface area contributed by atoms with E-state index in [1.54, 1.807) is 12.1 Å². The summed E-state index contributed by atoms with van der Waals surface area (Å²) in [5, 5.41) is 21.4. The fourth-order valence-electron chi connectivity index (χ4n) is 6.97. The van der Waals surface area contributed by atoms with E-state index in [0.717, 1.165) is 22.3 Å². The Labute approximate surface area is 259 Å². The van der Waals surface area contributed by atoms with Crippen LogP contribution >= 0.6 is 0 Å². The van der Waals surface area contributed by atoms with Gasteiger partial charge < -0.3 is 19.8 Å². The van der Waals surface area contributed by atoms with Gasteiger partial charge in [-0.15, -0.1) is 0 Å². The summed E-state index contributed by atoms with van der Waals surface area (Å²) in [6, 6.07) is 11.4. The van der Waals surface area contributed by atoms with Crippen LogP contribution in [0.1, 0.15) is 124 Å². The standard InChI is InChI=1S/C37H53NO5/c1-13-31(41)38-35(8,9)22-26(23-36(38,10)11)43-32(42)18-19-37(12,24-14-16-29(39)27(20-24)33(2,3)4)25-15-17-30(40)28(21-25)34(5,6)7/h13-17,20-21,26,39-40H,1,18-19,22-23H2,2-12H3. The lowest BCUT2D eigenvalue weighted by Gasteiger charge is -2.54. The molecule has 0 bridgehead atoms. The predicted molar refractivity (Wildman–Crippen MR) is 174 cm³/mol. The lowest BCUT2D eigenvalue weighted by Crippen LogP contribution is -2.64. The van der Waals surface area contributed by atoms with Crippen LogP contribution in [0.5, 0.6) is 11.5 Å². The molecule has 6 heteroatoms. The molecule has 0 atom stereocenters. The number of carbonyl (C=O) groups excluding carboxylic acids is 2. The molecule has 1 saturated heterocycles. The first-order valence-electron chi connectivity index (χ1n) is 15.4. The van der Waals surface area contributed by atoms with Gasteiger partial charge in [0.05, 0.1) is 0 Å². The van der Waals surface area contributed by atoms with Crippen molar-refractivity contribution in [1.29, 1.82) is 0 Å². The van der Waals surface area contributed by atoms with E-state index in [0.29, 0.717) is 19.3 Å². The average molecular weight is 592 g/mol. The van der Waals surface area contributed by atoms with Crippen molar-refractivity contribution in [2.45, 2.75) is 135 Å². The Morgan fingerprint density at radius 1 is 0.860 bits per heavy atom. The van der Waals surface area contributed by atoms with Gasteiger partial charge in [-0.3, -0.25) is 9.59 Å². The molecule has 3 rings (SSSR count). The molecular formula is C37H53NO5. The van der Waals surface area contributed by atoms with E-state index in [4.69, 9.17) is 4.74 Å². The molecule has 0 aromatic heterocycles. The lowest BCUT2D eigenvalue weighted by molar-refractivity contribution is -0.165. The molecule has 2 aromatic rings. The van der Waals surface area contributed by atoms with Gasteiger partial charge in [0.1, 0.15) is 17.6 Å². The van der Waals surface area contributed by atoms with Crippen LogP contribution in [0, 0.1) is 0 Å². The number of carbonyl (C=O) groups is 2. The Balaban J connectivity index is 1.96. The van der Waals surface area contributed by atoms with E-state index in [1.165, 1.54) is 6.08 Å². The Morgan fingerprint density at radius 2 is 1.28 bits per heavy atom. The molecule has 0 unspecified atom stereocenters. The number of esters is 1. The van der Waals surface area contributed by atoms with Gasteiger partial charge in [0, 0.05) is 35.8 Å². The van der Waals surface area contributed by atoms with E-state index in [2.05, 4.69) is 55.0 Å². The zero-order valence-corrected chi connectivity index (χ0v) is 28.2. The van der Waals surface area contributed by atoms with Crippen molar-refractivity contribution >= 4 is 11.9 Å². The van der Waals surface area contributed by atoms with Crippen molar-refractivity contribution in [2.24, 2.45) is 0 Å². The van der Waals surface area contributed by atoms with Gasteiger partial charge in [0.2, 0.25) is 5.91 Å². The first-order valence-corrected chi connectivity index (χ1v) is 15.4. The molecule has 1 aliphatic heterocycles. The van der Waals surface area contributed by atoms with Crippen molar-refractivity contribution in [3.8, 4) is 11.5 Å². The van der Waals surface area contributed by atoms with Crippen LogP contribution in [-0.4, -0.2) is 44.2 Å². The molecule has 1 fully saturated rings. The average Bonchev–Trinajstić information content (AvgIpc) is 2.84. The van der Waals surface area contributed by atoms with Crippen molar-refractivity contribution in [1.82, 2.24) is 4.90 Å². The lowest BCUT2D eigenvalue weighted by atomic mass is 9.70. The highest BCUT2D eigenvalue weighted by Gasteiger charge is 2.48. The molecule has 2 aromatic carbocycles. The van der Waals surface area contributed by atoms with Gasteiger partial charge in [-0.1, -0.05) is 79.3 Å². The van der Waals surface area contributed by atoms with Crippen LogP contribution in [-0.2, 0) is 30.6 Å². The molecule has 236 valence electrons. The van der Waals surface area contributed by atoms with Gasteiger partial charge >= 0.3 is 5.97 Å². The highest BCUT2D eigenvalue weighted by atomic mass is 16.5. The highest BCUT2D eigenvalue weighted by molar-refractivity contribution is 5.88. The van der Waals surface area contributed by atoms with Crippen LogP contribution in [0.25, 0.3) is 0 Å². The third-order valence-corrected chi connectivity index (χ3v) is 9.07. The van der Waals surface area contributed by atoms with Crippen molar-refractivity contribution < 1.29 is 24.5 Å². The first kappa shape index (κ1) is 34.2. The number of aromatic hydroxyl groups is 2. The Morgan fingerprint density at radius 3 is 1.65 bits per heavy atom. The van der Waals surface area contributed by atoms with E-state index >= 15 is 0 Å². The number of ether oxygens (including phenoxy) is 1. The summed E-state index contributed by atoms with van der Waals surface area (Å²) in [6.45, 7) is 26.2. The normalized spacial score (nSPS) is 17.4. The third-order valence-electron chi connectivity index (χ3n) is 9.07. The second-order valence-corrected chi connectivity index (χ2v) is 15.8. The molecule has 6 nitrogen and oxygen atoms in total. The fraction of sp³-hybridized carbons (Fsp3) is 0.568. The SMILES string of the molecule is C=CC(=O)N1C(C)(C)CC(OC(=O)CCC(C)(c2ccc(O)c(C(C)(C)C)c2)c2ccc(O)c(C(C)(C)C)c2)CC1(C)C. The number of phenolic OH excluding ortho intramolecular Hbond substituents is 2. The number of hydrogen-bond acceptors (Lipinski definition) is 5. The summed E-state index contributed by atoms with van der Waals surface area (Å²) in [5.41, 5.74) is 1.43. The largest absolute Gasteiger partial charge is 0.508 e. The molecule has 1 amide bonds. The molecule has 0 radical (unpaired) electrons. The van der Waals surface area contributed by atoms with E-state index < -0.39 is 16.5 Å². The number of rotatable bonds is 7. The molecule has 1 heterocycles. The number of likely N-dealkylation sites (tertiary alicyclic amines) is 1. The number of phenols is 2. The maximum absolute atomic E-state index is 13.5. The number of piperidine rings is 1. The second kappa shape index (κ2) is 11.7. The Kier molecular flexibility index (Phi) is 9.28. The highest BCUT2D eigenvalue weighted by Crippen LogP contribution is 2.44. The van der Waals surface area contributed by atoms with Crippen molar-refractivity contribution in [2.75, 3.05) is 0 Å². The first-order chi connectivity index (χ1) is 19.5. The quantitative estimate of drug-likeness (QED) is 0.251. The summed E-state index contributed by atoms with van der Waals surface area (Å²) < 4.78 is 6.10. The molecule has 43 heavy (non-hydrogen) atoms. The minimum Gasteiger partial charge on any atom is -0.508 e. The minimum absolute atomic E-state index is 0.123. The van der Waals surface area contributed by atoms with Crippen LogP contribution in [0.3, 0.4) is 0 Å². The van der Waals surface area contributed by atoms with Gasteiger partial charge in [-0.05, 0) is 85.4 Å². The van der Waals surface area contributed by atoms with Crippen LogP contribution < -0.4 is 0 Å².